The van der Waals surface area contributed by atoms with Gasteiger partial charge in [-0.15, -0.1) is 0 Å². The van der Waals surface area contributed by atoms with Gasteiger partial charge in [-0.05, 0) is 56.2 Å². The number of piperidine rings is 1. The molecular weight excluding hydrogens is 396 g/mol. The van der Waals surface area contributed by atoms with Gasteiger partial charge >= 0.3 is 0 Å². The molecule has 4 rings (SSSR count). The maximum Gasteiger partial charge on any atom is 0.274 e. The second-order valence-electron chi connectivity index (χ2n) is 6.57. The first-order valence-corrected chi connectivity index (χ1v) is 11.6. The van der Waals surface area contributed by atoms with E-state index in [1.165, 1.54) is 15.6 Å². The highest BCUT2D eigenvalue weighted by Gasteiger charge is 2.30. The SMILES string of the molecule is CCOc1ccc(S(=O)(=O)N2CCC(Oc3nc4ccccc4s3)CC2)cc1. The molecule has 2 heterocycles. The van der Waals surface area contributed by atoms with Crippen molar-refractivity contribution >= 4 is 31.6 Å². The van der Waals surface area contributed by atoms with E-state index in [2.05, 4.69) is 4.98 Å². The average molecular weight is 419 g/mol. The lowest BCUT2D eigenvalue weighted by molar-refractivity contribution is 0.135. The molecule has 1 saturated heterocycles. The smallest absolute Gasteiger partial charge is 0.274 e. The number of nitrogens with zero attached hydrogens (tertiary/aromatic N) is 2. The van der Waals surface area contributed by atoms with Crippen molar-refractivity contribution < 1.29 is 17.9 Å². The molecule has 0 saturated carbocycles. The number of para-hydroxylation sites is 1. The summed E-state index contributed by atoms with van der Waals surface area (Å²) in [7, 11) is -3.50. The first-order chi connectivity index (χ1) is 13.6. The van der Waals surface area contributed by atoms with E-state index in [9.17, 15) is 8.42 Å². The van der Waals surface area contributed by atoms with Gasteiger partial charge in [-0.1, -0.05) is 23.5 Å². The fourth-order valence-corrected chi connectivity index (χ4v) is 5.61. The van der Waals surface area contributed by atoms with Crippen molar-refractivity contribution in [2.45, 2.75) is 30.8 Å². The Morgan fingerprint density at radius 2 is 1.82 bits per heavy atom. The Hall–Kier alpha value is -2.16. The lowest BCUT2D eigenvalue weighted by Crippen LogP contribution is -2.41. The van der Waals surface area contributed by atoms with Crippen molar-refractivity contribution in [1.29, 1.82) is 0 Å². The molecule has 1 fully saturated rings. The van der Waals surface area contributed by atoms with E-state index in [4.69, 9.17) is 9.47 Å². The average Bonchev–Trinajstić information content (AvgIpc) is 3.11. The Morgan fingerprint density at radius 3 is 2.50 bits per heavy atom. The van der Waals surface area contributed by atoms with Crippen LogP contribution in [0.3, 0.4) is 0 Å². The van der Waals surface area contributed by atoms with Gasteiger partial charge in [-0.3, -0.25) is 0 Å². The Kier molecular flexibility index (Phi) is 5.52. The van der Waals surface area contributed by atoms with Gasteiger partial charge < -0.3 is 9.47 Å². The molecule has 6 nitrogen and oxygen atoms in total. The maximum atomic E-state index is 12.9. The first-order valence-electron chi connectivity index (χ1n) is 9.31. The standard InChI is InChI=1S/C20H22N2O4S2/c1-2-25-15-7-9-17(10-8-15)28(23,24)22-13-11-16(12-14-22)26-20-21-18-5-3-4-6-19(18)27-20/h3-10,16H,2,11-14H2,1H3. The van der Waals surface area contributed by atoms with E-state index in [0.29, 0.717) is 48.4 Å². The molecule has 148 valence electrons. The number of sulfonamides is 1. The van der Waals surface area contributed by atoms with Crippen LogP contribution in [0.4, 0.5) is 0 Å². The molecule has 1 aliphatic rings. The zero-order valence-electron chi connectivity index (χ0n) is 15.6. The molecular formula is C20H22N2O4S2. The van der Waals surface area contributed by atoms with Gasteiger partial charge in [-0.25, -0.2) is 13.4 Å². The fourth-order valence-electron chi connectivity index (χ4n) is 3.26. The Labute approximate surface area is 168 Å². The van der Waals surface area contributed by atoms with Crippen LogP contribution >= 0.6 is 11.3 Å². The normalized spacial score (nSPS) is 16.3. The summed E-state index contributed by atoms with van der Waals surface area (Å²) in [5.74, 6) is 0.671. The molecule has 3 aromatic rings. The van der Waals surface area contributed by atoms with Crippen LogP contribution in [0.15, 0.2) is 53.4 Å². The van der Waals surface area contributed by atoms with E-state index in [0.717, 1.165) is 10.2 Å². The second kappa shape index (κ2) is 8.06. The van der Waals surface area contributed by atoms with Gasteiger partial charge in [0.2, 0.25) is 10.0 Å². The molecule has 1 aliphatic heterocycles. The minimum Gasteiger partial charge on any atom is -0.494 e. The summed E-state index contributed by atoms with van der Waals surface area (Å²) < 4.78 is 39.8. The molecule has 28 heavy (non-hydrogen) atoms. The van der Waals surface area contributed by atoms with E-state index >= 15 is 0 Å². The lowest BCUT2D eigenvalue weighted by atomic mass is 10.1. The molecule has 8 heteroatoms. The largest absolute Gasteiger partial charge is 0.494 e. The van der Waals surface area contributed by atoms with Gasteiger partial charge in [-0.2, -0.15) is 4.31 Å². The number of hydrogen-bond donors (Lipinski definition) is 0. The summed E-state index contributed by atoms with van der Waals surface area (Å²) >= 11 is 1.52. The van der Waals surface area contributed by atoms with Crippen LogP contribution < -0.4 is 9.47 Å². The third-order valence-electron chi connectivity index (χ3n) is 4.72. The number of ether oxygens (including phenoxy) is 2. The summed E-state index contributed by atoms with van der Waals surface area (Å²) in [6.07, 6.45) is 1.27. The highest BCUT2D eigenvalue weighted by Crippen LogP contribution is 2.30. The Morgan fingerprint density at radius 1 is 1.11 bits per heavy atom. The van der Waals surface area contributed by atoms with Crippen molar-refractivity contribution in [2.75, 3.05) is 19.7 Å². The van der Waals surface area contributed by atoms with E-state index in [1.54, 1.807) is 24.3 Å². The van der Waals surface area contributed by atoms with Crippen LogP contribution in [-0.4, -0.2) is 43.5 Å². The topological polar surface area (TPSA) is 68.7 Å². The molecule has 0 unspecified atom stereocenters. The molecule has 1 aromatic heterocycles. The monoisotopic (exact) mass is 418 g/mol. The van der Waals surface area contributed by atoms with Gasteiger partial charge in [0.1, 0.15) is 11.9 Å². The third kappa shape index (κ3) is 3.99. The molecule has 0 radical (unpaired) electrons. The molecule has 0 amide bonds. The van der Waals surface area contributed by atoms with Gasteiger partial charge in [0.05, 0.1) is 21.7 Å². The zero-order valence-corrected chi connectivity index (χ0v) is 17.2. The Bertz CT molecular complexity index is 1010. The van der Waals surface area contributed by atoms with Gasteiger partial charge in [0.15, 0.2) is 0 Å². The van der Waals surface area contributed by atoms with Crippen molar-refractivity contribution in [3.05, 3.63) is 48.5 Å². The third-order valence-corrected chi connectivity index (χ3v) is 7.56. The number of benzene rings is 2. The summed E-state index contributed by atoms with van der Waals surface area (Å²) in [4.78, 5) is 4.79. The molecule has 0 aliphatic carbocycles. The zero-order chi connectivity index (χ0) is 19.6. The molecule has 0 bridgehead atoms. The highest BCUT2D eigenvalue weighted by molar-refractivity contribution is 7.89. The molecule has 0 atom stereocenters. The lowest BCUT2D eigenvalue weighted by Gasteiger charge is -2.30. The van der Waals surface area contributed by atoms with Crippen LogP contribution in [0.1, 0.15) is 19.8 Å². The number of hydrogen-bond acceptors (Lipinski definition) is 6. The van der Waals surface area contributed by atoms with Crippen molar-refractivity contribution in [1.82, 2.24) is 9.29 Å². The number of thiazole rings is 1. The predicted molar refractivity (Wildman–Crippen MR) is 110 cm³/mol. The van der Waals surface area contributed by atoms with Crippen LogP contribution in [0.25, 0.3) is 10.2 Å². The van der Waals surface area contributed by atoms with Crippen LogP contribution in [0.5, 0.6) is 10.9 Å². The van der Waals surface area contributed by atoms with Gasteiger partial charge in [0, 0.05) is 13.1 Å². The van der Waals surface area contributed by atoms with Crippen molar-refractivity contribution in [3.63, 3.8) is 0 Å². The second-order valence-corrected chi connectivity index (χ2v) is 9.50. The number of aromatic nitrogens is 1. The quantitative estimate of drug-likeness (QED) is 0.607. The van der Waals surface area contributed by atoms with Crippen molar-refractivity contribution in [2.24, 2.45) is 0 Å². The molecule has 0 spiro atoms. The maximum absolute atomic E-state index is 12.9. The van der Waals surface area contributed by atoms with Crippen molar-refractivity contribution in [3.8, 4) is 10.9 Å². The van der Waals surface area contributed by atoms with E-state index in [-0.39, 0.29) is 6.10 Å². The van der Waals surface area contributed by atoms with Crippen LogP contribution in [0, 0.1) is 0 Å². The predicted octanol–water partition coefficient (Wildman–Crippen LogP) is 3.93. The molecule has 2 aromatic carbocycles. The summed E-state index contributed by atoms with van der Waals surface area (Å²) in [6.45, 7) is 3.32. The van der Waals surface area contributed by atoms with Crippen LogP contribution in [-0.2, 0) is 10.0 Å². The number of fused-ring (bicyclic) bond motifs is 1. The molecule has 0 N–H and O–H groups in total. The highest BCUT2D eigenvalue weighted by atomic mass is 32.2. The summed E-state index contributed by atoms with van der Waals surface area (Å²) in [5.41, 5.74) is 0.929. The Balaban J connectivity index is 1.38. The number of rotatable bonds is 6. The minimum atomic E-state index is -3.50. The van der Waals surface area contributed by atoms with Crippen LogP contribution in [0.2, 0.25) is 0 Å². The van der Waals surface area contributed by atoms with E-state index in [1.807, 2.05) is 31.2 Å². The first kappa shape index (κ1) is 19.2. The van der Waals surface area contributed by atoms with E-state index < -0.39 is 10.0 Å². The summed E-state index contributed by atoms with van der Waals surface area (Å²) in [6, 6.07) is 14.5. The summed E-state index contributed by atoms with van der Waals surface area (Å²) in [5, 5.41) is 0.647. The fraction of sp³-hybridized carbons (Fsp3) is 0.350. The van der Waals surface area contributed by atoms with Gasteiger partial charge in [0.25, 0.3) is 5.19 Å². The minimum absolute atomic E-state index is 0.0210.